The molecule has 6 nitrogen and oxygen atoms in total. The molecule has 7 heteroatoms. The first-order valence-electron chi connectivity index (χ1n) is 9.93. The van der Waals surface area contributed by atoms with Crippen LogP contribution in [0.2, 0.25) is 0 Å². The number of ether oxygens (including phenoxy) is 2. The Morgan fingerprint density at radius 3 is 2.72 bits per heavy atom. The molecule has 0 saturated carbocycles. The van der Waals surface area contributed by atoms with E-state index in [0.29, 0.717) is 43.8 Å². The summed E-state index contributed by atoms with van der Waals surface area (Å²) in [5.41, 5.74) is 0.616. The standard InChI is InChI=1S/C22H25FN2O4/c1-14(2)28-20-12-22(29-19-6-3-15(23)11-17(19)20)7-9-25(10-8-22)21(27)18-5-4-16(26)13-24-18/h3-6,11,13-14,20,26H,7-10,12H2,1-2H3. The van der Waals surface area contributed by atoms with Gasteiger partial charge in [0.2, 0.25) is 0 Å². The third-order valence-electron chi connectivity index (χ3n) is 5.57. The molecule has 1 atom stereocenters. The average Bonchev–Trinajstić information content (AvgIpc) is 2.69. The minimum Gasteiger partial charge on any atom is -0.506 e. The van der Waals surface area contributed by atoms with Gasteiger partial charge in [-0.1, -0.05) is 0 Å². The van der Waals surface area contributed by atoms with Crippen LogP contribution in [0.3, 0.4) is 0 Å². The predicted octanol–water partition coefficient (Wildman–Crippen LogP) is 3.85. The fourth-order valence-corrected chi connectivity index (χ4v) is 4.13. The molecule has 0 aliphatic carbocycles. The van der Waals surface area contributed by atoms with Crippen molar-refractivity contribution in [2.24, 2.45) is 0 Å². The molecule has 1 aromatic carbocycles. The second kappa shape index (κ2) is 7.63. The van der Waals surface area contributed by atoms with Gasteiger partial charge in [-0.25, -0.2) is 9.37 Å². The van der Waals surface area contributed by atoms with Gasteiger partial charge in [-0.05, 0) is 44.2 Å². The SMILES string of the molecule is CC(C)OC1CC2(CCN(C(=O)c3ccc(O)cn3)CC2)Oc2ccc(F)cc21. The van der Waals surface area contributed by atoms with Crippen LogP contribution in [-0.2, 0) is 4.74 Å². The number of carbonyl (C=O) groups is 1. The van der Waals surface area contributed by atoms with Crippen LogP contribution in [0.5, 0.6) is 11.5 Å². The van der Waals surface area contributed by atoms with Crippen LogP contribution in [-0.4, -0.2) is 45.7 Å². The second-order valence-electron chi connectivity index (χ2n) is 8.04. The summed E-state index contributed by atoms with van der Waals surface area (Å²) in [5, 5.41) is 9.36. The zero-order valence-electron chi connectivity index (χ0n) is 16.6. The van der Waals surface area contributed by atoms with Gasteiger partial charge in [0, 0.05) is 37.9 Å². The normalized spacial score (nSPS) is 20.4. The van der Waals surface area contributed by atoms with E-state index in [1.54, 1.807) is 11.0 Å². The maximum Gasteiger partial charge on any atom is 0.272 e. The molecule has 154 valence electrons. The lowest BCUT2D eigenvalue weighted by Gasteiger charge is -2.47. The van der Waals surface area contributed by atoms with E-state index in [-0.39, 0.29) is 29.7 Å². The second-order valence-corrected chi connectivity index (χ2v) is 8.04. The lowest BCUT2D eigenvalue weighted by atomic mass is 9.81. The van der Waals surface area contributed by atoms with E-state index in [1.807, 2.05) is 13.8 Å². The van der Waals surface area contributed by atoms with Crippen LogP contribution in [0.25, 0.3) is 0 Å². The summed E-state index contributed by atoms with van der Waals surface area (Å²) >= 11 is 0. The average molecular weight is 400 g/mol. The van der Waals surface area contributed by atoms with Gasteiger partial charge in [-0.2, -0.15) is 0 Å². The molecule has 0 bridgehead atoms. The highest BCUT2D eigenvalue weighted by Gasteiger charge is 2.45. The highest BCUT2D eigenvalue weighted by Crippen LogP contribution is 2.46. The van der Waals surface area contributed by atoms with Gasteiger partial charge in [0.15, 0.2) is 0 Å². The Morgan fingerprint density at radius 2 is 2.07 bits per heavy atom. The molecule has 1 unspecified atom stereocenters. The first-order valence-corrected chi connectivity index (χ1v) is 9.93. The fourth-order valence-electron chi connectivity index (χ4n) is 4.13. The van der Waals surface area contributed by atoms with Crippen molar-refractivity contribution in [3.8, 4) is 11.5 Å². The number of carbonyl (C=O) groups excluding carboxylic acids is 1. The largest absolute Gasteiger partial charge is 0.506 e. The van der Waals surface area contributed by atoms with Crippen LogP contribution in [0.1, 0.15) is 55.3 Å². The first-order chi connectivity index (χ1) is 13.8. The van der Waals surface area contributed by atoms with E-state index in [1.165, 1.54) is 30.5 Å². The summed E-state index contributed by atoms with van der Waals surface area (Å²) in [6.45, 7) is 5.00. The minimum atomic E-state index is -0.441. The van der Waals surface area contributed by atoms with Crippen LogP contribution in [0, 0.1) is 5.82 Å². The Balaban J connectivity index is 1.50. The van der Waals surface area contributed by atoms with E-state index in [0.717, 1.165) is 5.56 Å². The smallest absolute Gasteiger partial charge is 0.272 e. The van der Waals surface area contributed by atoms with Crippen molar-refractivity contribution in [3.05, 3.63) is 53.6 Å². The zero-order valence-corrected chi connectivity index (χ0v) is 16.6. The third kappa shape index (κ3) is 4.05. The first kappa shape index (κ1) is 19.6. The third-order valence-corrected chi connectivity index (χ3v) is 5.57. The van der Waals surface area contributed by atoms with Gasteiger partial charge in [0.25, 0.3) is 5.91 Å². The molecule has 3 heterocycles. The summed E-state index contributed by atoms with van der Waals surface area (Å²) in [5.74, 6) is 0.222. The predicted molar refractivity (Wildman–Crippen MR) is 104 cm³/mol. The molecule has 2 aliphatic rings. The van der Waals surface area contributed by atoms with Gasteiger partial charge >= 0.3 is 0 Å². The number of piperidine rings is 1. The summed E-state index contributed by atoms with van der Waals surface area (Å²) in [4.78, 5) is 18.5. The van der Waals surface area contributed by atoms with Crippen molar-refractivity contribution >= 4 is 5.91 Å². The van der Waals surface area contributed by atoms with Crippen LogP contribution >= 0.6 is 0 Å². The molecule has 2 aromatic rings. The number of likely N-dealkylation sites (tertiary alicyclic amines) is 1. The number of benzene rings is 1. The number of aromatic nitrogens is 1. The Morgan fingerprint density at radius 1 is 1.31 bits per heavy atom. The number of amides is 1. The molecule has 1 saturated heterocycles. The lowest BCUT2D eigenvalue weighted by Crippen LogP contribution is -2.52. The molecule has 1 fully saturated rings. The molecule has 29 heavy (non-hydrogen) atoms. The Hall–Kier alpha value is -2.67. The molecular weight excluding hydrogens is 375 g/mol. The molecule has 1 aromatic heterocycles. The molecule has 0 radical (unpaired) electrons. The number of fused-ring (bicyclic) bond motifs is 1. The molecular formula is C22H25FN2O4. The minimum absolute atomic E-state index is 0.00788. The maximum absolute atomic E-state index is 13.8. The Kier molecular flexibility index (Phi) is 5.17. The van der Waals surface area contributed by atoms with E-state index >= 15 is 0 Å². The van der Waals surface area contributed by atoms with Crippen molar-refractivity contribution in [2.45, 2.75) is 50.9 Å². The summed E-state index contributed by atoms with van der Waals surface area (Å²) < 4.78 is 26.2. The lowest BCUT2D eigenvalue weighted by molar-refractivity contribution is -0.0874. The Bertz CT molecular complexity index is 892. The molecule has 2 aliphatic heterocycles. The van der Waals surface area contributed by atoms with Crippen LogP contribution in [0.4, 0.5) is 4.39 Å². The Labute approximate surface area is 169 Å². The monoisotopic (exact) mass is 400 g/mol. The van der Waals surface area contributed by atoms with Crippen molar-refractivity contribution in [2.75, 3.05) is 13.1 Å². The topological polar surface area (TPSA) is 71.9 Å². The van der Waals surface area contributed by atoms with E-state index in [2.05, 4.69) is 4.98 Å². The van der Waals surface area contributed by atoms with E-state index in [4.69, 9.17) is 9.47 Å². The summed E-state index contributed by atoms with van der Waals surface area (Å²) in [7, 11) is 0. The van der Waals surface area contributed by atoms with Gasteiger partial charge in [-0.3, -0.25) is 4.79 Å². The molecule has 1 N–H and O–H groups in total. The van der Waals surface area contributed by atoms with Crippen molar-refractivity contribution < 1.29 is 23.8 Å². The maximum atomic E-state index is 13.8. The van der Waals surface area contributed by atoms with Gasteiger partial charge in [0.05, 0.1) is 18.4 Å². The molecule has 1 amide bonds. The highest BCUT2D eigenvalue weighted by atomic mass is 19.1. The van der Waals surface area contributed by atoms with Crippen LogP contribution in [0.15, 0.2) is 36.5 Å². The number of aromatic hydroxyl groups is 1. The number of nitrogens with zero attached hydrogens (tertiary/aromatic N) is 2. The van der Waals surface area contributed by atoms with E-state index < -0.39 is 5.60 Å². The zero-order chi connectivity index (χ0) is 20.6. The highest BCUT2D eigenvalue weighted by molar-refractivity contribution is 5.92. The van der Waals surface area contributed by atoms with Crippen LogP contribution < -0.4 is 4.74 Å². The fraction of sp³-hybridized carbons (Fsp3) is 0.455. The summed E-state index contributed by atoms with van der Waals surface area (Å²) in [6.07, 6.45) is 2.98. The number of rotatable bonds is 3. The molecule has 4 rings (SSSR count). The van der Waals surface area contributed by atoms with E-state index in [9.17, 15) is 14.3 Å². The number of hydrogen-bond donors (Lipinski definition) is 1. The van der Waals surface area contributed by atoms with Crippen molar-refractivity contribution in [1.29, 1.82) is 0 Å². The van der Waals surface area contributed by atoms with Crippen molar-refractivity contribution in [1.82, 2.24) is 9.88 Å². The molecule has 1 spiro atoms. The van der Waals surface area contributed by atoms with Gasteiger partial charge in [0.1, 0.15) is 28.6 Å². The number of hydrogen-bond acceptors (Lipinski definition) is 5. The van der Waals surface area contributed by atoms with Gasteiger partial charge in [-0.15, -0.1) is 0 Å². The summed E-state index contributed by atoms with van der Waals surface area (Å²) in [6, 6.07) is 7.54. The van der Waals surface area contributed by atoms with Crippen molar-refractivity contribution in [3.63, 3.8) is 0 Å². The number of halogens is 1. The van der Waals surface area contributed by atoms with Gasteiger partial charge < -0.3 is 19.5 Å². The number of pyridine rings is 1. The quantitative estimate of drug-likeness (QED) is 0.847.